The van der Waals surface area contributed by atoms with Crippen molar-refractivity contribution in [1.82, 2.24) is 15.3 Å². The van der Waals surface area contributed by atoms with Gasteiger partial charge in [-0.25, -0.2) is 0 Å². The van der Waals surface area contributed by atoms with Gasteiger partial charge in [0.2, 0.25) is 5.56 Å². The van der Waals surface area contributed by atoms with Gasteiger partial charge < -0.3 is 15.6 Å². The van der Waals surface area contributed by atoms with Crippen molar-refractivity contribution in [2.45, 2.75) is 95.9 Å². The molecule has 0 saturated carbocycles. The number of fused-ring (bicyclic) bond motifs is 3. The number of aromatic amines is 1. The van der Waals surface area contributed by atoms with Crippen molar-refractivity contribution < 1.29 is 0 Å². The summed E-state index contributed by atoms with van der Waals surface area (Å²) in [5.74, 6) is 0. The Balaban J connectivity index is 0.978. The van der Waals surface area contributed by atoms with Crippen LogP contribution < -0.4 is 16.2 Å². The third-order valence-corrected chi connectivity index (χ3v) is 8.34. The second-order valence-corrected chi connectivity index (χ2v) is 11.3. The van der Waals surface area contributed by atoms with Gasteiger partial charge in [-0.3, -0.25) is 9.78 Å². The van der Waals surface area contributed by atoms with E-state index in [2.05, 4.69) is 21.7 Å². The summed E-state index contributed by atoms with van der Waals surface area (Å²) in [6, 6.07) is 10.2. The number of anilines is 1. The van der Waals surface area contributed by atoms with E-state index in [0.717, 1.165) is 55.0 Å². The standard InChI is InChI=1S/C31H41ClN4O/c32-22-15-16-25-29(21-22)35-28-12-7-6-11-24(28)31(25)34-20-9-5-3-1-2-4-8-19-33-26-13-10-14-27-23(26)17-18-30(37)36-27/h15-18,21,26,33H,1-14,19-20H2,(H,34,35)(H,36,37). The maximum atomic E-state index is 11.6. The molecule has 198 valence electrons. The molecule has 0 saturated heterocycles. The van der Waals surface area contributed by atoms with E-state index in [-0.39, 0.29) is 5.56 Å². The first-order valence-corrected chi connectivity index (χ1v) is 14.9. The number of H-pyrrole nitrogens is 1. The first kappa shape index (κ1) is 26.2. The molecule has 2 heterocycles. The Kier molecular flexibility index (Phi) is 9.17. The van der Waals surface area contributed by atoms with Crippen molar-refractivity contribution in [3.8, 4) is 0 Å². The van der Waals surface area contributed by atoms with Crippen molar-refractivity contribution in [3.05, 3.63) is 68.2 Å². The van der Waals surface area contributed by atoms with E-state index in [4.69, 9.17) is 16.6 Å². The highest BCUT2D eigenvalue weighted by atomic mass is 35.5. The SMILES string of the molecule is O=c1ccc2c([nH]1)CCCC2NCCCCCCCCCNc1c2c(nc3cc(Cl)ccc13)CCCC2. The average Bonchev–Trinajstić information content (AvgIpc) is 2.90. The number of rotatable bonds is 12. The number of aromatic nitrogens is 2. The molecule has 0 amide bonds. The summed E-state index contributed by atoms with van der Waals surface area (Å²) in [6.07, 6.45) is 16.9. The zero-order valence-corrected chi connectivity index (χ0v) is 22.8. The Labute approximate surface area is 225 Å². The fraction of sp³-hybridized carbons (Fsp3) is 0.548. The molecular formula is C31H41ClN4O. The second-order valence-electron chi connectivity index (χ2n) is 10.8. The summed E-state index contributed by atoms with van der Waals surface area (Å²) >= 11 is 6.25. The van der Waals surface area contributed by atoms with Crippen LogP contribution in [0.1, 0.15) is 99.2 Å². The Hall–Kier alpha value is -2.37. The maximum absolute atomic E-state index is 11.6. The number of hydrogen-bond acceptors (Lipinski definition) is 4. The normalized spacial score (nSPS) is 16.9. The van der Waals surface area contributed by atoms with E-state index < -0.39 is 0 Å². The number of pyridine rings is 2. The molecule has 0 bridgehead atoms. The Morgan fingerprint density at radius 2 is 1.68 bits per heavy atom. The van der Waals surface area contributed by atoms with Crippen LogP contribution in [0.5, 0.6) is 0 Å². The van der Waals surface area contributed by atoms with Crippen LogP contribution in [-0.4, -0.2) is 23.1 Å². The third kappa shape index (κ3) is 6.74. The van der Waals surface area contributed by atoms with Gasteiger partial charge in [-0.15, -0.1) is 0 Å². The largest absolute Gasteiger partial charge is 0.384 e. The number of nitrogens with zero attached hydrogens (tertiary/aromatic N) is 1. The predicted octanol–water partition coefficient (Wildman–Crippen LogP) is 7.27. The molecule has 5 rings (SSSR count). The summed E-state index contributed by atoms with van der Waals surface area (Å²) in [5.41, 5.74) is 7.46. The van der Waals surface area contributed by atoms with Crippen molar-refractivity contribution in [2.75, 3.05) is 18.4 Å². The monoisotopic (exact) mass is 520 g/mol. The van der Waals surface area contributed by atoms with Crippen molar-refractivity contribution in [2.24, 2.45) is 0 Å². The summed E-state index contributed by atoms with van der Waals surface area (Å²) < 4.78 is 0. The van der Waals surface area contributed by atoms with Crippen LogP contribution >= 0.6 is 11.6 Å². The van der Waals surface area contributed by atoms with E-state index in [1.54, 1.807) is 6.07 Å². The topological polar surface area (TPSA) is 69.8 Å². The molecule has 6 heteroatoms. The van der Waals surface area contributed by atoms with Gasteiger partial charge in [0.15, 0.2) is 0 Å². The fourth-order valence-corrected chi connectivity index (χ4v) is 6.30. The summed E-state index contributed by atoms with van der Waals surface area (Å²) in [4.78, 5) is 19.5. The van der Waals surface area contributed by atoms with Gasteiger partial charge in [-0.2, -0.15) is 0 Å². The van der Waals surface area contributed by atoms with Crippen LogP contribution in [0.25, 0.3) is 10.9 Å². The predicted molar refractivity (Wildman–Crippen MR) is 155 cm³/mol. The van der Waals surface area contributed by atoms with Crippen molar-refractivity contribution in [3.63, 3.8) is 0 Å². The molecule has 0 radical (unpaired) electrons. The Bertz CT molecular complexity index is 1250. The lowest BCUT2D eigenvalue weighted by Crippen LogP contribution is -2.28. The highest BCUT2D eigenvalue weighted by Gasteiger charge is 2.20. The molecule has 2 aliphatic rings. The van der Waals surface area contributed by atoms with Crippen molar-refractivity contribution in [1.29, 1.82) is 0 Å². The molecule has 1 unspecified atom stereocenters. The quantitative estimate of drug-likeness (QED) is 0.220. The second kappa shape index (κ2) is 12.9. The van der Waals surface area contributed by atoms with Crippen LogP contribution in [0, 0.1) is 0 Å². The number of nitrogens with one attached hydrogen (secondary N) is 3. The number of unbranched alkanes of at least 4 members (excludes halogenated alkanes) is 6. The van der Waals surface area contributed by atoms with Gasteiger partial charge in [-0.05, 0) is 93.7 Å². The lowest BCUT2D eigenvalue weighted by atomic mass is 9.91. The molecule has 37 heavy (non-hydrogen) atoms. The molecular weight excluding hydrogens is 480 g/mol. The lowest BCUT2D eigenvalue weighted by Gasteiger charge is -2.26. The van der Waals surface area contributed by atoms with E-state index in [1.807, 2.05) is 18.2 Å². The van der Waals surface area contributed by atoms with Crippen LogP contribution in [0.2, 0.25) is 5.02 Å². The molecule has 0 spiro atoms. The van der Waals surface area contributed by atoms with Gasteiger partial charge in [0.1, 0.15) is 0 Å². The van der Waals surface area contributed by atoms with E-state index >= 15 is 0 Å². The van der Waals surface area contributed by atoms with Crippen LogP contribution in [-0.2, 0) is 19.3 Å². The molecule has 2 aliphatic carbocycles. The molecule has 0 aliphatic heterocycles. The molecule has 1 aromatic carbocycles. The number of hydrogen-bond donors (Lipinski definition) is 3. The fourth-order valence-electron chi connectivity index (χ4n) is 6.14. The minimum Gasteiger partial charge on any atom is -0.384 e. The number of aryl methyl sites for hydroxylation is 2. The summed E-state index contributed by atoms with van der Waals surface area (Å²) in [6.45, 7) is 2.08. The molecule has 3 N–H and O–H groups in total. The number of halogens is 1. The van der Waals surface area contributed by atoms with Gasteiger partial charge in [0.05, 0.1) is 5.52 Å². The van der Waals surface area contributed by atoms with Gasteiger partial charge in [0.25, 0.3) is 0 Å². The summed E-state index contributed by atoms with van der Waals surface area (Å²) in [5, 5.41) is 9.48. The van der Waals surface area contributed by atoms with Gasteiger partial charge in [-0.1, -0.05) is 49.8 Å². The van der Waals surface area contributed by atoms with Crippen molar-refractivity contribution >= 4 is 28.2 Å². The van der Waals surface area contributed by atoms with E-state index in [9.17, 15) is 4.79 Å². The molecule has 1 atom stereocenters. The van der Waals surface area contributed by atoms with Gasteiger partial charge in [0, 0.05) is 46.1 Å². The highest BCUT2D eigenvalue weighted by molar-refractivity contribution is 6.31. The molecule has 5 nitrogen and oxygen atoms in total. The molecule has 2 aromatic heterocycles. The zero-order chi connectivity index (χ0) is 25.5. The van der Waals surface area contributed by atoms with Crippen LogP contribution in [0.3, 0.4) is 0 Å². The maximum Gasteiger partial charge on any atom is 0.248 e. The van der Waals surface area contributed by atoms with Gasteiger partial charge >= 0.3 is 0 Å². The Morgan fingerprint density at radius 3 is 2.54 bits per heavy atom. The minimum absolute atomic E-state index is 0.0188. The average molecular weight is 521 g/mol. The van der Waals surface area contributed by atoms with E-state index in [0.29, 0.717) is 6.04 Å². The zero-order valence-electron chi connectivity index (χ0n) is 22.0. The molecule has 3 aromatic rings. The lowest BCUT2D eigenvalue weighted by molar-refractivity contribution is 0.443. The smallest absolute Gasteiger partial charge is 0.248 e. The highest BCUT2D eigenvalue weighted by Crippen LogP contribution is 2.34. The molecule has 0 fully saturated rings. The number of benzene rings is 1. The Morgan fingerprint density at radius 1 is 0.892 bits per heavy atom. The van der Waals surface area contributed by atoms with E-state index in [1.165, 1.54) is 92.1 Å². The summed E-state index contributed by atoms with van der Waals surface area (Å²) in [7, 11) is 0. The minimum atomic E-state index is 0.0188. The first-order chi connectivity index (χ1) is 18.2. The van der Waals surface area contributed by atoms with Crippen LogP contribution in [0.15, 0.2) is 35.1 Å². The first-order valence-electron chi connectivity index (χ1n) is 14.5. The third-order valence-electron chi connectivity index (χ3n) is 8.10. The van der Waals surface area contributed by atoms with Crippen LogP contribution in [0.4, 0.5) is 5.69 Å².